The normalized spacial score (nSPS) is 9.17. The average molecular weight is 246 g/mol. The van der Waals surface area contributed by atoms with Crippen LogP contribution in [0.1, 0.15) is 5.56 Å². The van der Waals surface area contributed by atoms with Gasteiger partial charge in [-0.2, -0.15) is 5.26 Å². The van der Waals surface area contributed by atoms with E-state index in [1.165, 1.54) is 7.11 Å². The van der Waals surface area contributed by atoms with E-state index in [0.717, 1.165) is 0 Å². The first kappa shape index (κ1) is 9.37. The Labute approximate surface area is 83.8 Å². The molecule has 0 bridgehead atoms. The van der Waals surface area contributed by atoms with Crippen molar-refractivity contribution in [2.45, 2.75) is 0 Å². The van der Waals surface area contributed by atoms with E-state index in [4.69, 9.17) is 21.6 Å². The van der Waals surface area contributed by atoms with E-state index in [1.54, 1.807) is 12.1 Å². The molecule has 0 amide bonds. The van der Waals surface area contributed by atoms with Gasteiger partial charge < -0.3 is 4.74 Å². The average Bonchev–Trinajstić information content (AvgIpc) is 2.03. The van der Waals surface area contributed by atoms with Crippen molar-refractivity contribution in [2.75, 3.05) is 7.11 Å². The van der Waals surface area contributed by atoms with Crippen LogP contribution >= 0.6 is 27.5 Å². The quantitative estimate of drug-likeness (QED) is 0.763. The number of nitrogens with zero attached hydrogens (tertiary/aromatic N) is 1. The lowest BCUT2D eigenvalue weighted by molar-refractivity contribution is 0.411. The van der Waals surface area contributed by atoms with Gasteiger partial charge in [0.15, 0.2) is 5.75 Å². The molecule has 2 nitrogen and oxygen atoms in total. The smallest absolute Gasteiger partial charge is 0.150 e. The third-order valence-electron chi connectivity index (χ3n) is 1.33. The molecule has 0 spiro atoms. The maximum Gasteiger partial charge on any atom is 0.150 e. The molecule has 0 heterocycles. The Balaban J connectivity index is 3.36. The number of benzene rings is 1. The summed E-state index contributed by atoms with van der Waals surface area (Å²) in [7, 11) is 1.51. The van der Waals surface area contributed by atoms with E-state index in [-0.39, 0.29) is 0 Å². The van der Waals surface area contributed by atoms with Gasteiger partial charge in [0, 0.05) is 5.02 Å². The molecule has 1 aromatic rings. The number of hydrogen-bond acceptors (Lipinski definition) is 2. The molecular weight excluding hydrogens is 241 g/mol. The third kappa shape index (κ3) is 1.71. The van der Waals surface area contributed by atoms with Gasteiger partial charge in [-0.25, -0.2) is 0 Å². The van der Waals surface area contributed by atoms with Gasteiger partial charge in [0.2, 0.25) is 0 Å². The van der Waals surface area contributed by atoms with E-state index in [2.05, 4.69) is 15.9 Å². The van der Waals surface area contributed by atoms with Crippen molar-refractivity contribution in [3.05, 3.63) is 27.2 Å². The summed E-state index contributed by atoms with van der Waals surface area (Å²) >= 11 is 8.96. The van der Waals surface area contributed by atoms with Crippen molar-refractivity contribution in [3.8, 4) is 11.8 Å². The van der Waals surface area contributed by atoms with Crippen molar-refractivity contribution < 1.29 is 4.74 Å². The molecule has 0 saturated carbocycles. The van der Waals surface area contributed by atoms with Gasteiger partial charge in [-0.15, -0.1) is 0 Å². The Kier molecular flexibility index (Phi) is 2.96. The van der Waals surface area contributed by atoms with Crippen molar-refractivity contribution in [1.29, 1.82) is 5.26 Å². The summed E-state index contributed by atoms with van der Waals surface area (Å²) in [5.41, 5.74) is 0.428. The Morgan fingerprint density at radius 1 is 1.58 bits per heavy atom. The minimum Gasteiger partial charge on any atom is -0.494 e. The van der Waals surface area contributed by atoms with E-state index in [0.29, 0.717) is 20.8 Å². The first-order valence-corrected chi connectivity index (χ1v) is 4.29. The van der Waals surface area contributed by atoms with E-state index < -0.39 is 0 Å². The summed E-state index contributed by atoms with van der Waals surface area (Å²) in [5.74, 6) is 0.516. The van der Waals surface area contributed by atoms with Gasteiger partial charge >= 0.3 is 0 Å². The highest BCUT2D eigenvalue weighted by Gasteiger charge is 2.07. The Morgan fingerprint density at radius 3 is 2.75 bits per heavy atom. The zero-order chi connectivity index (χ0) is 9.14. The first-order chi connectivity index (χ1) is 5.69. The lowest BCUT2D eigenvalue weighted by Gasteiger charge is -2.04. The summed E-state index contributed by atoms with van der Waals surface area (Å²) in [6, 6.07) is 5.23. The van der Waals surface area contributed by atoms with E-state index in [9.17, 15) is 0 Å². The number of ether oxygens (including phenoxy) is 1. The standard InChI is InChI=1S/C8H5BrClNO/c1-12-8-5(4-11)2-6(10)3-7(8)9/h2-3H,1H3. The zero-order valence-corrected chi connectivity index (χ0v) is 8.61. The maximum absolute atomic E-state index is 8.69. The topological polar surface area (TPSA) is 33.0 Å². The molecule has 0 aliphatic heterocycles. The first-order valence-electron chi connectivity index (χ1n) is 3.12. The summed E-state index contributed by atoms with van der Waals surface area (Å²) in [5, 5.41) is 9.20. The highest BCUT2D eigenvalue weighted by molar-refractivity contribution is 9.10. The zero-order valence-electron chi connectivity index (χ0n) is 6.27. The van der Waals surface area contributed by atoms with Crippen molar-refractivity contribution in [3.63, 3.8) is 0 Å². The van der Waals surface area contributed by atoms with E-state index >= 15 is 0 Å². The molecule has 0 unspecified atom stereocenters. The maximum atomic E-state index is 8.69. The van der Waals surface area contributed by atoms with Crippen molar-refractivity contribution in [1.82, 2.24) is 0 Å². The van der Waals surface area contributed by atoms with Crippen molar-refractivity contribution in [2.24, 2.45) is 0 Å². The molecule has 0 atom stereocenters. The summed E-state index contributed by atoms with van der Waals surface area (Å²) in [4.78, 5) is 0. The lowest BCUT2D eigenvalue weighted by atomic mass is 10.2. The Morgan fingerprint density at radius 2 is 2.25 bits per heavy atom. The fourth-order valence-electron chi connectivity index (χ4n) is 0.851. The Hall–Kier alpha value is -0.720. The van der Waals surface area contributed by atoms with Gasteiger partial charge in [-0.1, -0.05) is 11.6 Å². The highest BCUT2D eigenvalue weighted by atomic mass is 79.9. The van der Waals surface area contributed by atoms with Gasteiger partial charge in [0.05, 0.1) is 17.1 Å². The number of rotatable bonds is 1. The van der Waals surface area contributed by atoms with E-state index in [1.807, 2.05) is 6.07 Å². The molecule has 0 saturated heterocycles. The molecule has 0 aliphatic rings. The number of halogens is 2. The number of methoxy groups -OCH3 is 1. The molecule has 12 heavy (non-hydrogen) atoms. The molecule has 0 N–H and O–H groups in total. The van der Waals surface area contributed by atoms with Crippen LogP contribution in [0.4, 0.5) is 0 Å². The summed E-state index contributed by atoms with van der Waals surface area (Å²) < 4.78 is 5.68. The van der Waals surface area contributed by atoms with Gasteiger partial charge in [-0.3, -0.25) is 0 Å². The fourth-order valence-corrected chi connectivity index (χ4v) is 1.82. The van der Waals surface area contributed by atoms with Crippen molar-refractivity contribution >= 4 is 27.5 Å². The van der Waals surface area contributed by atoms with Crippen LogP contribution in [0.25, 0.3) is 0 Å². The van der Waals surface area contributed by atoms with Crippen LogP contribution in [0.2, 0.25) is 5.02 Å². The Bertz CT molecular complexity index is 346. The molecule has 1 rings (SSSR count). The van der Waals surface area contributed by atoms with Gasteiger partial charge in [0.1, 0.15) is 6.07 Å². The molecular formula is C8H5BrClNO. The van der Waals surface area contributed by atoms with Gasteiger partial charge in [-0.05, 0) is 28.1 Å². The minimum absolute atomic E-state index is 0.428. The van der Waals surface area contributed by atoms with Crippen LogP contribution in [-0.4, -0.2) is 7.11 Å². The summed E-state index contributed by atoms with van der Waals surface area (Å²) in [6.45, 7) is 0. The summed E-state index contributed by atoms with van der Waals surface area (Å²) in [6.07, 6.45) is 0. The predicted octanol–water partition coefficient (Wildman–Crippen LogP) is 2.98. The fraction of sp³-hybridized carbons (Fsp3) is 0.125. The molecule has 62 valence electrons. The predicted molar refractivity (Wildman–Crippen MR) is 50.4 cm³/mol. The second kappa shape index (κ2) is 3.79. The monoisotopic (exact) mass is 245 g/mol. The SMILES string of the molecule is COc1c(Br)cc(Cl)cc1C#N. The molecule has 4 heteroatoms. The highest BCUT2D eigenvalue weighted by Crippen LogP contribution is 2.31. The van der Waals surface area contributed by atoms with Crippen LogP contribution in [0.5, 0.6) is 5.75 Å². The molecule has 0 fully saturated rings. The molecule has 0 aromatic heterocycles. The second-order valence-corrected chi connectivity index (χ2v) is 3.37. The van der Waals surface area contributed by atoms with Crippen LogP contribution in [0.15, 0.2) is 16.6 Å². The second-order valence-electron chi connectivity index (χ2n) is 2.08. The molecule has 0 radical (unpaired) electrons. The molecule has 1 aromatic carbocycles. The number of hydrogen-bond donors (Lipinski definition) is 0. The largest absolute Gasteiger partial charge is 0.494 e. The van der Waals surface area contributed by atoms with Gasteiger partial charge in [0.25, 0.3) is 0 Å². The van der Waals surface area contributed by atoms with Crippen LogP contribution < -0.4 is 4.74 Å². The minimum atomic E-state index is 0.428. The third-order valence-corrected chi connectivity index (χ3v) is 2.14. The van der Waals surface area contributed by atoms with Crippen LogP contribution in [-0.2, 0) is 0 Å². The van der Waals surface area contributed by atoms with Crippen LogP contribution in [0.3, 0.4) is 0 Å². The molecule has 0 aliphatic carbocycles. The van der Waals surface area contributed by atoms with Crippen LogP contribution in [0, 0.1) is 11.3 Å². The lowest BCUT2D eigenvalue weighted by Crippen LogP contribution is -1.88. The number of nitriles is 1.